The molecule has 0 aliphatic heterocycles. The third-order valence-electron chi connectivity index (χ3n) is 2.69. The average molecular weight is 231 g/mol. The first-order valence-corrected chi connectivity index (χ1v) is 5.31. The SMILES string of the molecule is CC(=O)On1c(=O)ccc2cc(C)c(C)cc21. The molecular weight excluding hydrogens is 218 g/mol. The third-order valence-corrected chi connectivity index (χ3v) is 2.69. The van der Waals surface area contributed by atoms with Crippen LogP contribution in [0.5, 0.6) is 0 Å². The van der Waals surface area contributed by atoms with Crippen LogP contribution in [0, 0.1) is 13.8 Å². The van der Waals surface area contributed by atoms with E-state index in [0.29, 0.717) is 5.52 Å². The van der Waals surface area contributed by atoms with Crippen LogP contribution in [0.2, 0.25) is 0 Å². The van der Waals surface area contributed by atoms with Crippen molar-refractivity contribution in [2.24, 2.45) is 0 Å². The van der Waals surface area contributed by atoms with Crippen molar-refractivity contribution in [3.05, 3.63) is 45.7 Å². The Morgan fingerprint density at radius 3 is 2.47 bits per heavy atom. The molecule has 1 aromatic carbocycles. The van der Waals surface area contributed by atoms with Crippen molar-refractivity contribution in [1.82, 2.24) is 4.73 Å². The third kappa shape index (κ3) is 2.06. The average Bonchev–Trinajstić information content (AvgIpc) is 2.25. The number of carbonyl (C=O) groups excluding carboxylic acids is 1. The highest BCUT2D eigenvalue weighted by atomic mass is 16.7. The number of carbonyl (C=O) groups is 1. The van der Waals surface area contributed by atoms with Crippen molar-refractivity contribution in [2.75, 3.05) is 0 Å². The summed E-state index contributed by atoms with van der Waals surface area (Å²) in [6.07, 6.45) is 0. The normalized spacial score (nSPS) is 10.5. The van der Waals surface area contributed by atoms with Gasteiger partial charge >= 0.3 is 5.97 Å². The summed E-state index contributed by atoms with van der Waals surface area (Å²) < 4.78 is 1.03. The second-order valence-corrected chi connectivity index (χ2v) is 4.04. The number of aryl methyl sites for hydroxylation is 2. The van der Waals surface area contributed by atoms with E-state index in [1.165, 1.54) is 13.0 Å². The predicted molar refractivity (Wildman–Crippen MR) is 64.9 cm³/mol. The molecule has 0 aliphatic rings. The summed E-state index contributed by atoms with van der Waals surface area (Å²) in [5.74, 6) is -0.516. The Hall–Kier alpha value is -2.10. The molecule has 0 radical (unpaired) electrons. The Labute approximate surface area is 98.4 Å². The molecule has 0 fully saturated rings. The van der Waals surface area contributed by atoms with Crippen LogP contribution < -0.4 is 10.4 Å². The number of hydrogen-bond acceptors (Lipinski definition) is 3. The van der Waals surface area contributed by atoms with Crippen LogP contribution in [0.15, 0.2) is 29.1 Å². The number of fused-ring (bicyclic) bond motifs is 1. The van der Waals surface area contributed by atoms with Crippen LogP contribution in [0.3, 0.4) is 0 Å². The first-order valence-electron chi connectivity index (χ1n) is 5.31. The summed E-state index contributed by atoms with van der Waals surface area (Å²) in [7, 11) is 0. The zero-order valence-corrected chi connectivity index (χ0v) is 9.98. The van der Waals surface area contributed by atoms with Gasteiger partial charge in [0.2, 0.25) is 0 Å². The minimum atomic E-state index is -0.516. The number of aromatic nitrogens is 1. The molecule has 4 heteroatoms. The quantitative estimate of drug-likeness (QED) is 0.748. The molecule has 0 amide bonds. The van der Waals surface area contributed by atoms with Gasteiger partial charge in [-0.1, -0.05) is 0 Å². The smallest absolute Gasteiger partial charge is 0.330 e. The first-order chi connectivity index (χ1) is 7.99. The van der Waals surface area contributed by atoms with Crippen LogP contribution >= 0.6 is 0 Å². The molecule has 1 heterocycles. The predicted octanol–water partition coefficient (Wildman–Crippen LogP) is 1.59. The van der Waals surface area contributed by atoms with E-state index in [1.807, 2.05) is 26.0 Å². The fourth-order valence-electron chi connectivity index (χ4n) is 1.70. The summed E-state index contributed by atoms with van der Waals surface area (Å²) >= 11 is 0. The number of pyridine rings is 1. The zero-order chi connectivity index (χ0) is 12.6. The minimum absolute atomic E-state index is 0.351. The van der Waals surface area contributed by atoms with Gasteiger partial charge in [0.05, 0.1) is 5.52 Å². The van der Waals surface area contributed by atoms with E-state index < -0.39 is 5.97 Å². The summed E-state index contributed by atoms with van der Waals surface area (Å²) in [5.41, 5.74) is 2.43. The van der Waals surface area contributed by atoms with Gasteiger partial charge < -0.3 is 4.84 Å². The van der Waals surface area contributed by atoms with Gasteiger partial charge in [0.15, 0.2) is 0 Å². The lowest BCUT2D eigenvalue weighted by atomic mass is 10.1. The Morgan fingerprint density at radius 1 is 1.18 bits per heavy atom. The Kier molecular flexibility index (Phi) is 2.71. The van der Waals surface area contributed by atoms with Gasteiger partial charge in [-0.15, -0.1) is 4.73 Å². The van der Waals surface area contributed by atoms with E-state index in [9.17, 15) is 9.59 Å². The molecule has 0 saturated carbocycles. The number of benzene rings is 1. The lowest BCUT2D eigenvalue weighted by Gasteiger charge is -2.10. The maximum atomic E-state index is 11.7. The van der Waals surface area contributed by atoms with E-state index in [2.05, 4.69) is 0 Å². The van der Waals surface area contributed by atoms with Crippen LogP contribution in [0.4, 0.5) is 0 Å². The molecule has 0 spiro atoms. The van der Waals surface area contributed by atoms with Crippen molar-refractivity contribution >= 4 is 16.9 Å². The zero-order valence-electron chi connectivity index (χ0n) is 9.98. The van der Waals surface area contributed by atoms with Crippen molar-refractivity contribution in [1.29, 1.82) is 0 Å². The van der Waals surface area contributed by atoms with Gasteiger partial charge in [-0.3, -0.25) is 4.79 Å². The van der Waals surface area contributed by atoms with Gasteiger partial charge in [-0.05, 0) is 43.2 Å². The van der Waals surface area contributed by atoms with Crippen molar-refractivity contribution in [3.63, 3.8) is 0 Å². The summed E-state index contributed by atoms with van der Waals surface area (Å²) in [6.45, 7) is 5.22. The van der Waals surface area contributed by atoms with E-state index in [0.717, 1.165) is 21.2 Å². The van der Waals surface area contributed by atoms with Crippen molar-refractivity contribution in [3.8, 4) is 0 Å². The Bertz CT molecular complexity index is 655. The highest BCUT2D eigenvalue weighted by molar-refractivity contribution is 5.81. The molecule has 0 unspecified atom stereocenters. The highest BCUT2D eigenvalue weighted by Gasteiger charge is 2.07. The molecule has 17 heavy (non-hydrogen) atoms. The molecule has 0 aliphatic carbocycles. The largest absolute Gasteiger partial charge is 0.333 e. The fourth-order valence-corrected chi connectivity index (χ4v) is 1.70. The Morgan fingerprint density at radius 2 is 1.82 bits per heavy atom. The summed E-state index contributed by atoms with van der Waals surface area (Å²) in [6, 6.07) is 6.92. The monoisotopic (exact) mass is 231 g/mol. The molecule has 0 N–H and O–H groups in total. The maximum Gasteiger partial charge on any atom is 0.330 e. The summed E-state index contributed by atoms with van der Waals surface area (Å²) in [4.78, 5) is 27.5. The van der Waals surface area contributed by atoms with Crippen LogP contribution in [-0.4, -0.2) is 10.7 Å². The minimum Gasteiger partial charge on any atom is -0.333 e. The van der Waals surface area contributed by atoms with Gasteiger partial charge in [0, 0.05) is 18.4 Å². The van der Waals surface area contributed by atoms with E-state index in [1.54, 1.807) is 6.07 Å². The van der Waals surface area contributed by atoms with Gasteiger partial charge in [-0.2, -0.15) is 0 Å². The van der Waals surface area contributed by atoms with E-state index >= 15 is 0 Å². The molecule has 2 aromatic rings. The van der Waals surface area contributed by atoms with Gasteiger partial charge in [-0.25, -0.2) is 4.79 Å². The van der Waals surface area contributed by atoms with Crippen molar-refractivity contribution < 1.29 is 9.63 Å². The number of rotatable bonds is 1. The molecule has 0 atom stereocenters. The molecule has 2 rings (SSSR count). The van der Waals surface area contributed by atoms with Crippen LogP contribution in [-0.2, 0) is 4.79 Å². The summed E-state index contributed by atoms with van der Waals surface area (Å²) in [5, 5.41) is 0.869. The molecule has 1 aromatic heterocycles. The molecule has 0 bridgehead atoms. The maximum absolute atomic E-state index is 11.7. The molecule has 0 saturated heterocycles. The Balaban J connectivity index is 2.80. The molecule has 88 valence electrons. The molecule has 4 nitrogen and oxygen atoms in total. The second-order valence-electron chi connectivity index (χ2n) is 4.04. The number of hydrogen-bond donors (Lipinski definition) is 0. The van der Waals surface area contributed by atoms with Crippen molar-refractivity contribution in [2.45, 2.75) is 20.8 Å². The van der Waals surface area contributed by atoms with E-state index in [-0.39, 0.29) is 5.56 Å². The first kappa shape index (κ1) is 11.4. The van der Waals surface area contributed by atoms with Crippen LogP contribution in [0.25, 0.3) is 10.9 Å². The van der Waals surface area contributed by atoms with Gasteiger partial charge in [0.1, 0.15) is 0 Å². The molecular formula is C13H13NO3. The fraction of sp³-hybridized carbons (Fsp3) is 0.231. The number of nitrogens with zero attached hydrogens (tertiary/aromatic N) is 1. The van der Waals surface area contributed by atoms with E-state index in [4.69, 9.17) is 4.84 Å². The highest BCUT2D eigenvalue weighted by Crippen LogP contribution is 2.17. The second kappa shape index (κ2) is 4.05. The van der Waals surface area contributed by atoms with Gasteiger partial charge in [0.25, 0.3) is 5.56 Å². The lowest BCUT2D eigenvalue weighted by Crippen LogP contribution is -2.29. The lowest BCUT2D eigenvalue weighted by molar-refractivity contribution is -0.141. The standard InChI is InChI=1S/C13H13NO3/c1-8-6-11-4-5-13(16)14(17-10(3)15)12(11)7-9(8)2/h4-7H,1-3H3. The van der Waals surface area contributed by atoms with Crippen LogP contribution in [0.1, 0.15) is 18.1 Å². The topological polar surface area (TPSA) is 48.3 Å².